The molecule has 0 radical (unpaired) electrons. The summed E-state index contributed by atoms with van der Waals surface area (Å²) in [6, 6.07) is 6.54. The number of H-pyrrole nitrogens is 1. The minimum absolute atomic E-state index is 0.00711. The lowest BCUT2D eigenvalue weighted by atomic mass is 10.1. The average Bonchev–Trinajstić information content (AvgIpc) is 3.09. The van der Waals surface area contributed by atoms with Gasteiger partial charge < -0.3 is 20.7 Å². The van der Waals surface area contributed by atoms with E-state index in [9.17, 15) is 26.3 Å². The summed E-state index contributed by atoms with van der Waals surface area (Å²) in [4.78, 5) is 3.96. The highest BCUT2D eigenvalue weighted by atomic mass is 79.9. The summed E-state index contributed by atoms with van der Waals surface area (Å²) < 4.78 is 76.6. The molecule has 0 bridgehead atoms. The van der Waals surface area contributed by atoms with Crippen LogP contribution in [0.2, 0.25) is 5.02 Å². The summed E-state index contributed by atoms with van der Waals surface area (Å²) in [6.07, 6.45) is -9.05. The van der Waals surface area contributed by atoms with Crippen LogP contribution in [0.1, 0.15) is 16.7 Å². The number of alkyl halides is 6. The van der Waals surface area contributed by atoms with Gasteiger partial charge in [0, 0.05) is 22.7 Å². The Morgan fingerprint density at radius 3 is 2.30 bits per heavy atom. The van der Waals surface area contributed by atoms with Crippen LogP contribution in [0.5, 0.6) is 0 Å². The first-order valence-electron chi connectivity index (χ1n) is 8.03. The smallest absolute Gasteiger partial charge is 0.387 e. The van der Waals surface area contributed by atoms with Crippen LogP contribution in [-0.4, -0.2) is 15.2 Å². The third kappa shape index (κ3) is 5.36. The van der Waals surface area contributed by atoms with Crippen molar-refractivity contribution in [1.29, 1.82) is 0 Å². The van der Waals surface area contributed by atoms with Crippen molar-refractivity contribution < 1.29 is 26.3 Å². The molecule has 0 amide bonds. The second-order valence-electron chi connectivity index (χ2n) is 5.94. The normalized spacial score (nSPS) is 12.1. The number of rotatable bonds is 5. The molecular weight excluding hydrogens is 504 g/mol. The quantitative estimate of drug-likeness (QED) is 0.354. The number of benzene rings is 2. The SMILES string of the molecule is FC(F)(F)c1ccc(C[N-]c2n[nH]c(Nc3cc(Cl)c(Br)c(C(F)(F)F)c3)n2)cc1. The van der Waals surface area contributed by atoms with Crippen LogP contribution in [0.25, 0.3) is 5.32 Å². The second kappa shape index (κ2) is 8.34. The number of hydrogen-bond donors (Lipinski definition) is 2. The fourth-order valence-electron chi connectivity index (χ4n) is 2.34. The first kappa shape index (κ1) is 22.2. The number of anilines is 2. The summed E-state index contributed by atoms with van der Waals surface area (Å²) >= 11 is 8.64. The van der Waals surface area contributed by atoms with E-state index in [0.717, 1.165) is 18.2 Å². The van der Waals surface area contributed by atoms with E-state index in [1.165, 1.54) is 18.2 Å². The molecule has 0 saturated heterocycles. The fraction of sp³-hybridized carbons (Fsp3) is 0.176. The van der Waals surface area contributed by atoms with Crippen molar-refractivity contribution in [3.05, 3.63) is 67.9 Å². The van der Waals surface area contributed by atoms with Crippen LogP contribution in [0.15, 0.2) is 40.9 Å². The van der Waals surface area contributed by atoms with E-state index in [4.69, 9.17) is 11.6 Å². The molecule has 0 spiro atoms. The van der Waals surface area contributed by atoms with E-state index < -0.39 is 23.5 Å². The molecule has 0 atom stereocenters. The Morgan fingerprint density at radius 1 is 1.03 bits per heavy atom. The zero-order valence-electron chi connectivity index (χ0n) is 14.5. The lowest BCUT2D eigenvalue weighted by Gasteiger charge is -2.13. The Balaban J connectivity index is 1.67. The van der Waals surface area contributed by atoms with Gasteiger partial charge in [-0.1, -0.05) is 23.7 Å². The minimum atomic E-state index is -4.62. The van der Waals surface area contributed by atoms with Gasteiger partial charge in [-0.2, -0.15) is 26.3 Å². The predicted octanol–water partition coefficient (Wildman–Crippen LogP) is 7.21. The highest BCUT2D eigenvalue weighted by Crippen LogP contribution is 2.40. The molecule has 5 nitrogen and oxygen atoms in total. The molecule has 160 valence electrons. The van der Waals surface area contributed by atoms with Gasteiger partial charge in [0.1, 0.15) is 5.95 Å². The van der Waals surface area contributed by atoms with Crippen LogP contribution in [-0.2, 0) is 18.9 Å². The van der Waals surface area contributed by atoms with Gasteiger partial charge in [-0.05, 0) is 45.8 Å². The van der Waals surface area contributed by atoms with E-state index in [2.05, 4.69) is 41.7 Å². The number of halogens is 8. The molecule has 0 aliphatic heterocycles. The maximum atomic E-state index is 13.1. The number of nitrogens with one attached hydrogen (secondary N) is 2. The van der Waals surface area contributed by atoms with Crippen molar-refractivity contribution >= 4 is 45.1 Å². The molecule has 3 aromatic rings. The Labute approximate surface area is 179 Å². The van der Waals surface area contributed by atoms with Gasteiger partial charge in [-0.3, -0.25) is 5.10 Å². The summed E-state index contributed by atoms with van der Waals surface area (Å²) in [5.74, 6) is -0.0238. The molecule has 1 heterocycles. The molecule has 0 aliphatic carbocycles. The van der Waals surface area contributed by atoms with E-state index in [1.54, 1.807) is 0 Å². The number of aromatic amines is 1. The van der Waals surface area contributed by atoms with Crippen LogP contribution < -0.4 is 5.32 Å². The standard InChI is InChI=1S/C17H10BrClF6N5/c18-13-11(17(23,24)25)5-10(6-12(13)19)27-15-28-14(29-30-15)26-7-8-1-3-9(4-2-8)16(20,21)22/h1-6H,7H2,(H2-,26,27,28,29,30)/q-1. The van der Waals surface area contributed by atoms with Crippen LogP contribution in [0.4, 0.5) is 43.9 Å². The lowest BCUT2D eigenvalue weighted by Crippen LogP contribution is -2.07. The second-order valence-corrected chi connectivity index (χ2v) is 7.14. The predicted molar refractivity (Wildman–Crippen MR) is 102 cm³/mol. The van der Waals surface area contributed by atoms with Gasteiger partial charge in [-0.15, -0.1) is 0 Å². The van der Waals surface area contributed by atoms with E-state index in [-0.39, 0.29) is 33.6 Å². The van der Waals surface area contributed by atoms with Crippen molar-refractivity contribution in [3.8, 4) is 0 Å². The highest BCUT2D eigenvalue weighted by Gasteiger charge is 2.34. The van der Waals surface area contributed by atoms with Gasteiger partial charge in [0.2, 0.25) is 0 Å². The van der Waals surface area contributed by atoms with Crippen LogP contribution >= 0.6 is 27.5 Å². The van der Waals surface area contributed by atoms with Crippen molar-refractivity contribution in [2.45, 2.75) is 18.9 Å². The highest BCUT2D eigenvalue weighted by molar-refractivity contribution is 9.10. The first-order chi connectivity index (χ1) is 13.9. The molecule has 3 rings (SSSR count). The van der Waals surface area contributed by atoms with Gasteiger partial charge in [-0.25, -0.2) is 0 Å². The van der Waals surface area contributed by atoms with E-state index >= 15 is 0 Å². The van der Waals surface area contributed by atoms with E-state index in [0.29, 0.717) is 5.56 Å². The Bertz CT molecular complexity index is 1030. The molecular formula is C17H10BrClF6N5-. The molecule has 0 fully saturated rings. The Morgan fingerprint density at radius 2 is 1.70 bits per heavy atom. The fourth-order valence-corrected chi connectivity index (χ4v) is 3.02. The molecule has 0 unspecified atom stereocenters. The third-order valence-electron chi connectivity index (χ3n) is 3.75. The molecule has 0 aliphatic rings. The maximum Gasteiger partial charge on any atom is 0.417 e. The Kier molecular flexibility index (Phi) is 6.18. The van der Waals surface area contributed by atoms with Gasteiger partial charge in [0.15, 0.2) is 0 Å². The summed E-state index contributed by atoms with van der Waals surface area (Å²) in [5, 5.41) is 12.7. The summed E-state index contributed by atoms with van der Waals surface area (Å²) in [5.41, 5.74) is -1.23. The zero-order chi connectivity index (χ0) is 22.1. The van der Waals surface area contributed by atoms with Crippen molar-refractivity contribution in [1.82, 2.24) is 15.2 Å². The molecule has 2 N–H and O–H groups in total. The summed E-state index contributed by atoms with van der Waals surface area (Å²) in [7, 11) is 0. The lowest BCUT2D eigenvalue weighted by molar-refractivity contribution is -0.138. The summed E-state index contributed by atoms with van der Waals surface area (Å²) in [6.45, 7) is 0.0117. The molecule has 1 aromatic heterocycles. The first-order valence-corrected chi connectivity index (χ1v) is 9.20. The van der Waals surface area contributed by atoms with Gasteiger partial charge in [0.05, 0.1) is 16.1 Å². The van der Waals surface area contributed by atoms with Crippen molar-refractivity contribution in [3.63, 3.8) is 0 Å². The molecule has 30 heavy (non-hydrogen) atoms. The monoisotopic (exact) mass is 512 g/mol. The van der Waals surface area contributed by atoms with Crippen molar-refractivity contribution in [2.24, 2.45) is 0 Å². The molecule has 13 heteroatoms. The van der Waals surface area contributed by atoms with Crippen molar-refractivity contribution in [2.75, 3.05) is 5.32 Å². The molecule has 0 saturated carbocycles. The topological polar surface area (TPSA) is 67.7 Å². The Hall–Kier alpha value is -2.47. The third-order valence-corrected chi connectivity index (χ3v) is 5.13. The average molecular weight is 514 g/mol. The largest absolute Gasteiger partial charge is 0.417 e. The zero-order valence-corrected chi connectivity index (χ0v) is 16.9. The minimum Gasteiger partial charge on any atom is -0.387 e. The molecule has 2 aromatic carbocycles. The van der Waals surface area contributed by atoms with E-state index in [1.807, 2.05) is 0 Å². The number of hydrogen-bond acceptors (Lipinski definition) is 3. The number of aromatic nitrogens is 3. The van der Waals surface area contributed by atoms with Gasteiger partial charge >= 0.3 is 12.4 Å². The van der Waals surface area contributed by atoms with Gasteiger partial charge in [0.25, 0.3) is 0 Å². The van der Waals surface area contributed by atoms with Crippen LogP contribution in [0.3, 0.4) is 0 Å². The number of nitrogens with zero attached hydrogens (tertiary/aromatic N) is 3. The maximum absolute atomic E-state index is 13.1. The van der Waals surface area contributed by atoms with Crippen LogP contribution in [0, 0.1) is 0 Å².